The molecule has 0 aromatic heterocycles. The Hall–Kier alpha value is -4.45. The third-order valence-corrected chi connectivity index (χ3v) is 9.15. The summed E-state index contributed by atoms with van der Waals surface area (Å²) in [6.45, 7) is 12.2. The van der Waals surface area contributed by atoms with E-state index >= 15 is 0 Å². The predicted molar refractivity (Wildman–Crippen MR) is 192 cm³/mol. The summed E-state index contributed by atoms with van der Waals surface area (Å²) in [6, 6.07) is -7.24. The molecule has 0 aromatic rings. The molecule has 10 N–H and O–H groups in total. The molecule has 1 aliphatic rings. The first-order chi connectivity index (χ1) is 24.6. The first-order valence-corrected chi connectivity index (χ1v) is 18.0. The number of hydrogen-bond acceptors (Lipinski definition) is 12. The number of carbonyl (C=O) groups excluding carboxylic acids is 8. The fourth-order valence-corrected chi connectivity index (χ4v) is 5.52. The number of nitrogens with one attached hydrogen (secondary N) is 6. The van der Waals surface area contributed by atoms with Gasteiger partial charge in [0.25, 0.3) is 0 Å². The van der Waals surface area contributed by atoms with Gasteiger partial charge >= 0.3 is 5.97 Å². The molecule has 10 atom stereocenters. The quantitative estimate of drug-likeness (QED) is 0.0801. The molecule has 53 heavy (non-hydrogen) atoms. The molecule has 10 unspecified atom stereocenters. The number of ketones is 1. The van der Waals surface area contributed by atoms with Crippen LogP contribution in [-0.2, 0) is 43.1 Å². The maximum absolute atomic E-state index is 13.9. The fraction of sp³-hybridized carbons (Fsp3) is 0.743. The zero-order chi connectivity index (χ0) is 40.7. The average Bonchev–Trinajstić information content (AvgIpc) is 3.06. The molecule has 18 heteroatoms. The van der Waals surface area contributed by atoms with E-state index in [2.05, 4.69) is 26.6 Å². The van der Waals surface area contributed by atoms with Crippen LogP contribution in [0, 0.1) is 23.2 Å². The lowest BCUT2D eigenvalue weighted by Crippen LogP contribution is -2.61. The third-order valence-electron chi connectivity index (χ3n) is 9.15. The number of ether oxygens (including phenoxy) is 1. The minimum Gasteiger partial charge on any atom is -0.458 e. The van der Waals surface area contributed by atoms with Gasteiger partial charge in [-0.15, -0.1) is 0 Å². The molecular formula is C35H59N7O11. The minimum atomic E-state index is -1.63. The first-order valence-electron chi connectivity index (χ1n) is 18.0. The SMILES string of the molecule is CCC(C)C1NC(=O)C(C(C)C)CC(=O)C(NC(=O)CC(O)CCC(C)=N)C(C)OC(=O)C(C)NC(=O)C(CCC(N)=O)NC(=O)C(C(C)O)NC1=O. The third kappa shape index (κ3) is 15.6. The Balaban J connectivity index is 3.71. The van der Waals surface area contributed by atoms with Gasteiger partial charge in [0.15, 0.2) is 5.78 Å². The monoisotopic (exact) mass is 753 g/mol. The van der Waals surface area contributed by atoms with E-state index in [-0.39, 0.29) is 25.7 Å². The van der Waals surface area contributed by atoms with Crippen molar-refractivity contribution in [2.45, 2.75) is 149 Å². The second-order valence-corrected chi connectivity index (χ2v) is 14.3. The molecule has 6 amide bonds. The van der Waals surface area contributed by atoms with Crippen molar-refractivity contribution in [1.82, 2.24) is 26.6 Å². The highest BCUT2D eigenvalue weighted by molar-refractivity contribution is 5.97. The van der Waals surface area contributed by atoms with Crippen LogP contribution in [0.1, 0.15) is 100 Å². The Morgan fingerprint density at radius 1 is 0.906 bits per heavy atom. The summed E-state index contributed by atoms with van der Waals surface area (Å²) < 4.78 is 5.52. The number of aliphatic hydroxyl groups is 2. The van der Waals surface area contributed by atoms with Crippen LogP contribution in [0.15, 0.2) is 0 Å². The zero-order valence-electron chi connectivity index (χ0n) is 31.9. The van der Waals surface area contributed by atoms with Crippen LogP contribution in [-0.4, -0.2) is 112 Å². The molecular weight excluding hydrogens is 694 g/mol. The summed E-state index contributed by atoms with van der Waals surface area (Å²) >= 11 is 0. The van der Waals surface area contributed by atoms with E-state index in [1.165, 1.54) is 20.8 Å². The fourth-order valence-electron chi connectivity index (χ4n) is 5.52. The van der Waals surface area contributed by atoms with Crippen molar-refractivity contribution >= 4 is 52.9 Å². The number of primary amides is 1. The van der Waals surface area contributed by atoms with Crippen molar-refractivity contribution in [3.8, 4) is 0 Å². The van der Waals surface area contributed by atoms with Gasteiger partial charge in [-0.05, 0) is 58.8 Å². The van der Waals surface area contributed by atoms with Gasteiger partial charge in [0.2, 0.25) is 35.4 Å². The molecule has 1 fully saturated rings. The van der Waals surface area contributed by atoms with E-state index in [1.54, 1.807) is 34.6 Å². The normalized spacial score (nSPS) is 27.3. The largest absolute Gasteiger partial charge is 0.458 e. The summed E-state index contributed by atoms with van der Waals surface area (Å²) in [5, 5.41) is 40.8. The molecule has 1 heterocycles. The number of Topliss-reactive ketones (excluding diaryl/α,β-unsaturated/α-hetero) is 1. The molecule has 1 saturated heterocycles. The number of esters is 1. The van der Waals surface area contributed by atoms with Crippen LogP contribution in [0.5, 0.6) is 0 Å². The van der Waals surface area contributed by atoms with Crippen molar-refractivity contribution < 1.29 is 53.3 Å². The summed E-state index contributed by atoms with van der Waals surface area (Å²) in [5.41, 5.74) is 5.57. The predicted octanol–water partition coefficient (Wildman–Crippen LogP) is -1.13. The van der Waals surface area contributed by atoms with Crippen LogP contribution in [0.25, 0.3) is 0 Å². The molecule has 1 rings (SSSR count). The van der Waals surface area contributed by atoms with Crippen molar-refractivity contribution in [3.05, 3.63) is 0 Å². The lowest BCUT2D eigenvalue weighted by atomic mass is 9.86. The molecule has 0 saturated carbocycles. The Bertz CT molecular complexity index is 1360. The second-order valence-electron chi connectivity index (χ2n) is 14.3. The number of carbonyl (C=O) groups is 8. The van der Waals surface area contributed by atoms with E-state index in [0.29, 0.717) is 12.1 Å². The maximum Gasteiger partial charge on any atom is 0.328 e. The summed E-state index contributed by atoms with van der Waals surface area (Å²) in [5.74, 6) is -8.79. The van der Waals surface area contributed by atoms with Crippen LogP contribution in [0.3, 0.4) is 0 Å². The van der Waals surface area contributed by atoms with Gasteiger partial charge in [-0.1, -0.05) is 34.1 Å². The van der Waals surface area contributed by atoms with Crippen molar-refractivity contribution in [1.29, 1.82) is 5.41 Å². The van der Waals surface area contributed by atoms with Gasteiger partial charge in [0.1, 0.15) is 36.3 Å². The number of amides is 6. The van der Waals surface area contributed by atoms with Gasteiger partial charge in [0, 0.05) is 24.5 Å². The molecule has 18 nitrogen and oxygen atoms in total. The Morgan fingerprint density at radius 3 is 2.02 bits per heavy atom. The molecule has 0 aromatic carbocycles. The van der Waals surface area contributed by atoms with E-state index in [0.717, 1.165) is 0 Å². The van der Waals surface area contributed by atoms with E-state index in [1.807, 2.05) is 0 Å². The number of aliphatic hydroxyl groups excluding tert-OH is 2. The van der Waals surface area contributed by atoms with Gasteiger partial charge < -0.3 is 52.7 Å². The summed E-state index contributed by atoms with van der Waals surface area (Å²) in [6.07, 6.45) is -4.83. The average molecular weight is 754 g/mol. The maximum atomic E-state index is 13.9. The summed E-state index contributed by atoms with van der Waals surface area (Å²) in [4.78, 5) is 106. The van der Waals surface area contributed by atoms with Crippen molar-refractivity contribution in [3.63, 3.8) is 0 Å². The van der Waals surface area contributed by atoms with Crippen LogP contribution < -0.4 is 32.3 Å². The highest BCUT2D eigenvalue weighted by Gasteiger charge is 2.39. The van der Waals surface area contributed by atoms with Gasteiger partial charge in [-0.25, -0.2) is 4.79 Å². The Kier molecular flexibility index (Phi) is 19.3. The molecule has 0 radical (unpaired) electrons. The summed E-state index contributed by atoms with van der Waals surface area (Å²) in [7, 11) is 0. The smallest absolute Gasteiger partial charge is 0.328 e. The zero-order valence-corrected chi connectivity index (χ0v) is 31.9. The number of rotatable bonds is 13. The van der Waals surface area contributed by atoms with Crippen molar-refractivity contribution in [2.75, 3.05) is 0 Å². The lowest BCUT2D eigenvalue weighted by molar-refractivity contribution is -0.155. The topological polar surface area (TPSA) is 296 Å². The number of cyclic esters (lactones) is 1. The number of hydrogen-bond donors (Lipinski definition) is 9. The second kappa shape index (κ2) is 21.9. The van der Waals surface area contributed by atoms with Crippen molar-refractivity contribution in [2.24, 2.45) is 23.5 Å². The molecule has 0 aliphatic carbocycles. The van der Waals surface area contributed by atoms with E-state index < -0.39 is 126 Å². The standard InChI is InChI=1S/C35H59N7O11/c1-9-17(4)28-33(50)42-29(20(7)43)34(51)39-24(12-13-26(37)46)32(49)38-19(6)35(52)53-21(8)30(25(45)15-23(16(2)3)31(48)41-28)40-27(47)14-22(44)11-10-18(5)36/h16-17,19-24,28-30,36,43-44H,9-15H2,1-8H3,(H2,37,46)(H,38,49)(H,39,51)(H,40,47)(H,41,48)(H,42,50). The van der Waals surface area contributed by atoms with E-state index in [9.17, 15) is 48.6 Å². The molecule has 0 bridgehead atoms. The Morgan fingerprint density at radius 2 is 1.49 bits per heavy atom. The highest BCUT2D eigenvalue weighted by atomic mass is 16.5. The Labute approximate surface area is 310 Å². The van der Waals surface area contributed by atoms with Crippen LogP contribution in [0.2, 0.25) is 0 Å². The molecule has 300 valence electrons. The first kappa shape index (κ1) is 46.6. The molecule has 1 aliphatic heterocycles. The minimum absolute atomic E-state index is 0.114. The van der Waals surface area contributed by atoms with Crippen LogP contribution in [0.4, 0.5) is 0 Å². The van der Waals surface area contributed by atoms with Gasteiger partial charge in [-0.3, -0.25) is 33.6 Å². The van der Waals surface area contributed by atoms with Gasteiger partial charge in [-0.2, -0.15) is 0 Å². The van der Waals surface area contributed by atoms with E-state index in [4.69, 9.17) is 15.9 Å². The number of nitrogens with two attached hydrogens (primary N) is 1. The van der Waals surface area contributed by atoms with Gasteiger partial charge in [0.05, 0.1) is 18.6 Å². The molecule has 0 spiro atoms. The lowest BCUT2D eigenvalue weighted by Gasteiger charge is -2.30. The highest BCUT2D eigenvalue weighted by Crippen LogP contribution is 2.21. The van der Waals surface area contributed by atoms with Crippen LogP contribution >= 0.6 is 0 Å².